The summed E-state index contributed by atoms with van der Waals surface area (Å²) in [6.07, 6.45) is 3.57. The van der Waals surface area contributed by atoms with Crippen LogP contribution in [0.25, 0.3) is 0 Å². The van der Waals surface area contributed by atoms with E-state index in [1.54, 1.807) is 0 Å². The molecule has 4 heteroatoms. The van der Waals surface area contributed by atoms with E-state index in [1.807, 2.05) is 42.8 Å². The molecule has 1 aliphatic rings. The van der Waals surface area contributed by atoms with Gasteiger partial charge in [0.2, 0.25) is 0 Å². The lowest BCUT2D eigenvalue weighted by Crippen LogP contribution is -2.26. The molecule has 0 unspecified atom stereocenters. The van der Waals surface area contributed by atoms with E-state index in [1.165, 1.54) is 29.5 Å². The fourth-order valence-corrected chi connectivity index (χ4v) is 3.99. The van der Waals surface area contributed by atoms with Crippen LogP contribution in [-0.2, 0) is 19.4 Å². The van der Waals surface area contributed by atoms with Crippen molar-refractivity contribution in [3.63, 3.8) is 0 Å². The van der Waals surface area contributed by atoms with Crippen molar-refractivity contribution in [2.75, 3.05) is 0 Å². The number of fused-ring (bicyclic) bond motifs is 1. The predicted octanol–water partition coefficient (Wildman–Crippen LogP) is 4.53. The number of aryl methyl sites for hydroxylation is 4. The summed E-state index contributed by atoms with van der Waals surface area (Å²) in [5.74, 6) is -0.0364. The first-order chi connectivity index (χ1) is 13.5. The number of benzene rings is 2. The number of nitrogens with zero attached hydrogens (tertiary/aromatic N) is 2. The Kier molecular flexibility index (Phi) is 5.03. The smallest absolute Gasteiger partial charge is 0.251 e. The Bertz CT molecular complexity index is 1000. The van der Waals surface area contributed by atoms with Gasteiger partial charge >= 0.3 is 0 Å². The first kappa shape index (κ1) is 18.5. The van der Waals surface area contributed by atoms with Gasteiger partial charge in [0.05, 0.1) is 18.3 Å². The van der Waals surface area contributed by atoms with Crippen LogP contribution in [0, 0.1) is 13.8 Å². The molecule has 3 aromatic rings. The number of carbonyl (C=O) groups excluding carboxylic acids is 1. The molecule has 1 heterocycles. The number of aromatic nitrogens is 2. The summed E-state index contributed by atoms with van der Waals surface area (Å²) in [5, 5.41) is 7.63. The third-order valence-corrected chi connectivity index (χ3v) is 5.62. The first-order valence-electron chi connectivity index (χ1n) is 10.0. The van der Waals surface area contributed by atoms with Crippen molar-refractivity contribution in [1.82, 2.24) is 15.1 Å². The molecule has 0 radical (unpaired) electrons. The van der Waals surface area contributed by atoms with E-state index < -0.39 is 0 Å². The third-order valence-electron chi connectivity index (χ3n) is 5.62. The van der Waals surface area contributed by atoms with Gasteiger partial charge in [0, 0.05) is 11.3 Å². The van der Waals surface area contributed by atoms with Crippen LogP contribution in [-0.4, -0.2) is 15.7 Å². The second kappa shape index (κ2) is 7.63. The summed E-state index contributed by atoms with van der Waals surface area (Å²) in [6.45, 7) is 6.82. The van der Waals surface area contributed by atoms with Gasteiger partial charge in [-0.3, -0.25) is 9.48 Å². The Labute approximate surface area is 166 Å². The predicted molar refractivity (Wildman–Crippen MR) is 112 cm³/mol. The summed E-state index contributed by atoms with van der Waals surface area (Å²) >= 11 is 0. The maximum absolute atomic E-state index is 12.7. The van der Waals surface area contributed by atoms with Crippen molar-refractivity contribution in [3.8, 4) is 0 Å². The van der Waals surface area contributed by atoms with Gasteiger partial charge in [0.25, 0.3) is 5.91 Å². The molecule has 1 atom stereocenters. The number of nitrogens with one attached hydrogen (secondary N) is 1. The highest BCUT2D eigenvalue weighted by molar-refractivity contribution is 5.94. The molecule has 0 saturated carbocycles. The fraction of sp³-hybridized carbons (Fsp3) is 0.333. The molecule has 1 amide bonds. The van der Waals surface area contributed by atoms with Crippen LogP contribution in [0.2, 0.25) is 0 Å². The van der Waals surface area contributed by atoms with E-state index in [0.29, 0.717) is 12.1 Å². The number of hydrogen-bond donors (Lipinski definition) is 1. The molecule has 0 fully saturated rings. The normalized spacial score (nSPS) is 14.0. The maximum atomic E-state index is 12.7. The Hall–Kier alpha value is -2.88. The quantitative estimate of drug-likeness (QED) is 0.714. The molecule has 1 aliphatic carbocycles. The Balaban J connectivity index is 1.41. The zero-order valence-electron chi connectivity index (χ0n) is 16.8. The van der Waals surface area contributed by atoms with Crippen molar-refractivity contribution in [1.29, 1.82) is 0 Å². The number of amides is 1. The molecule has 0 aliphatic heterocycles. The zero-order valence-corrected chi connectivity index (χ0v) is 16.8. The van der Waals surface area contributed by atoms with Gasteiger partial charge in [0.1, 0.15) is 0 Å². The summed E-state index contributed by atoms with van der Waals surface area (Å²) in [7, 11) is 0. The Morgan fingerprint density at radius 2 is 1.82 bits per heavy atom. The van der Waals surface area contributed by atoms with Gasteiger partial charge in [-0.15, -0.1) is 0 Å². The highest BCUT2D eigenvalue weighted by Gasteiger charge is 2.15. The molecular formula is C24H27N3O. The van der Waals surface area contributed by atoms with Crippen molar-refractivity contribution >= 4 is 5.91 Å². The lowest BCUT2D eigenvalue weighted by Gasteiger charge is -2.16. The highest BCUT2D eigenvalue weighted by atomic mass is 16.1. The second-order valence-electron chi connectivity index (χ2n) is 7.86. The molecule has 2 aromatic carbocycles. The maximum Gasteiger partial charge on any atom is 0.251 e. The molecule has 0 bridgehead atoms. The highest BCUT2D eigenvalue weighted by Crippen LogP contribution is 2.25. The van der Waals surface area contributed by atoms with Crippen molar-refractivity contribution in [2.24, 2.45) is 0 Å². The molecule has 0 saturated heterocycles. The van der Waals surface area contributed by atoms with Crippen molar-refractivity contribution < 1.29 is 4.79 Å². The van der Waals surface area contributed by atoms with Crippen LogP contribution in [0.15, 0.2) is 48.5 Å². The van der Waals surface area contributed by atoms with E-state index in [0.717, 1.165) is 23.4 Å². The van der Waals surface area contributed by atoms with Gasteiger partial charge < -0.3 is 5.32 Å². The van der Waals surface area contributed by atoms with Gasteiger partial charge in [-0.05, 0) is 80.5 Å². The van der Waals surface area contributed by atoms with Crippen LogP contribution >= 0.6 is 0 Å². The molecule has 4 nitrogen and oxygen atoms in total. The minimum absolute atomic E-state index is 0.00669. The van der Waals surface area contributed by atoms with Crippen LogP contribution in [0.5, 0.6) is 0 Å². The molecule has 1 aromatic heterocycles. The fourth-order valence-electron chi connectivity index (χ4n) is 3.99. The molecule has 0 spiro atoms. The summed E-state index contributed by atoms with van der Waals surface area (Å²) in [6, 6.07) is 16.5. The average molecular weight is 374 g/mol. The SMILES string of the molecule is Cc1cc(C)n(Cc2ccc(C(=O)N[C@@H](C)c3ccc4c(c3)CCC4)cc2)n1. The second-order valence-corrected chi connectivity index (χ2v) is 7.86. The van der Waals surface area contributed by atoms with E-state index in [9.17, 15) is 4.79 Å². The number of carbonyl (C=O) groups is 1. The van der Waals surface area contributed by atoms with Gasteiger partial charge in [-0.1, -0.05) is 30.3 Å². The third kappa shape index (κ3) is 3.86. The van der Waals surface area contributed by atoms with Gasteiger partial charge in [-0.25, -0.2) is 0 Å². The summed E-state index contributed by atoms with van der Waals surface area (Å²) < 4.78 is 1.99. The lowest BCUT2D eigenvalue weighted by atomic mass is 10.0. The topological polar surface area (TPSA) is 46.9 Å². The molecule has 144 valence electrons. The molecule has 1 N–H and O–H groups in total. The van der Waals surface area contributed by atoms with E-state index in [2.05, 4.69) is 41.6 Å². The first-order valence-corrected chi connectivity index (χ1v) is 10.0. The lowest BCUT2D eigenvalue weighted by molar-refractivity contribution is 0.0940. The minimum Gasteiger partial charge on any atom is -0.346 e. The Morgan fingerprint density at radius 1 is 1.07 bits per heavy atom. The van der Waals surface area contributed by atoms with Crippen LogP contribution < -0.4 is 5.32 Å². The summed E-state index contributed by atoms with van der Waals surface area (Å²) in [5.41, 5.74) is 8.05. The van der Waals surface area contributed by atoms with Crippen LogP contribution in [0.4, 0.5) is 0 Å². The minimum atomic E-state index is -0.0364. The van der Waals surface area contributed by atoms with Crippen molar-refractivity contribution in [3.05, 3.63) is 87.7 Å². The molecule has 4 rings (SSSR count). The van der Waals surface area contributed by atoms with Gasteiger partial charge in [-0.2, -0.15) is 5.10 Å². The monoisotopic (exact) mass is 373 g/mol. The zero-order chi connectivity index (χ0) is 19.7. The Morgan fingerprint density at radius 3 is 2.54 bits per heavy atom. The van der Waals surface area contributed by atoms with E-state index in [-0.39, 0.29) is 11.9 Å². The number of rotatable bonds is 5. The van der Waals surface area contributed by atoms with E-state index in [4.69, 9.17) is 0 Å². The molecular weight excluding hydrogens is 346 g/mol. The summed E-state index contributed by atoms with van der Waals surface area (Å²) in [4.78, 5) is 12.7. The van der Waals surface area contributed by atoms with Crippen molar-refractivity contribution in [2.45, 2.75) is 52.6 Å². The van der Waals surface area contributed by atoms with Crippen LogP contribution in [0.3, 0.4) is 0 Å². The average Bonchev–Trinajstić information content (AvgIpc) is 3.27. The van der Waals surface area contributed by atoms with Gasteiger partial charge in [0.15, 0.2) is 0 Å². The van der Waals surface area contributed by atoms with Crippen LogP contribution in [0.1, 0.15) is 63.4 Å². The number of hydrogen-bond acceptors (Lipinski definition) is 2. The van der Waals surface area contributed by atoms with E-state index >= 15 is 0 Å². The standard InChI is InChI=1S/C24H27N3O/c1-16-13-17(2)27(26-16)15-19-7-9-21(10-8-19)24(28)25-18(3)22-12-11-20-5-4-6-23(20)14-22/h7-14,18H,4-6,15H2,1-3H3,(H,25,28)/t18-/m0/s1. The largest absolute Gasteiger partial charge is 0.346 e. The molecule has 28 heavy (non-hydrogen) atoms.